The van der Waals surface area contributed by atoms with Crippen molar-refractivity contribution >= 4 is 17.8 Å². The van der Waals surface area contributed by atoms with E-state index in [0.29, 0.717) is 36.9 Å². The lowest BCUT2D eigenvalue weighted by Gasteiger charge is -2.13. The van der Waals surface area contributed by atoms with Crippen molar-refractivity contribution in [1.82, 2.24) is 20.9 Å². The summed E-state index contributed by atoms with van der Waals surface area (Å²) >= 11 is 0. The highest BCUT2D eigenvalue weighted by Gasteiger charge is 2.11. The third kappa shape index (κ3) is 6.95. The van der Waals surface area contributed by atoms with Gasteiger partial charge in [0, 0.05) is 51.9 Å². The average molecular weight is 414 g/mol. The van der Waals surface area contributed by atoms with E-state index in [1.54, 1.807) is 32.1 Å². The second kappa shape index (κ2) is 11.6. The van der Waals surface area contributed by atoms with Crippen molar-refractivity contribution in [1.29, 1.82) is 0 Å². The third-order valence-electron chi connectivity index (χ3n) is 4.51. The van der Waals surface area contributed by atoms with Crippen molar-refractivity contribution in [2.45, 2.75) is 19.8 Å². The fourth-order valence-corrected chi connectivity index (χ4v) is 2.85. The van der Waals surface area contributed by atoms with Gasteiger partial charge in [-0.2, -0.15) is 0 Å². The van der Waals surface area contributed by atoms with Crippen LogP contribution in [0.4, 0.5) is 0 Å². The molecule has 162 valence electrons. The molecule has 3 N–H and O–H groups in total. The van der Waals surface area contributed by atoms with Crippen LogP contribution in [-0.2, 0) is 6.42 Å². The van der Waals surface area contributed by atoms with Crippen molar-refractivity contribution in [3.05, 3.63) is 59.0 Å². The van der Waals surface area contributed by atoms with Gasteiger partial charge in [0.25, 0.3) is 11.8 Å². The Kier molecular flexibility index (Phi) is 8.93. The molecule has 1 aromatic heterocycles. The van der Waals surface area contributed by atoms with Crippen LogP contribution in [0.15, 0.2) is 46.0 Å². The molecule has 0 aliphatic rings. The number of benzene rings is 1. The molecule has 0 radical (unpaired) electrons. The number of nitrogens with one attached hydrogen (secondary N) is 3. The van der Waals surface area contributed by atoms with Crippen LogP contribution in [-0.4, -0.2) is 63.5 Å². The van der Waals surface area contributed by atoms with Gasteiger partial charge >= 0.3 is 0 Å². The summed E-state index contributed by atoms with van der Waals surface area (Å²) in [6.07, 6.45) is 3.03. The van der Waals surface area contributed by atoms with E-state index < -0.39 is 0 Å². The Balaban J connectivity index is 1.67. The third-order valence-corrected chi connectivity index (χ3v) is 4.51. The number of guanidine groups is 1. The predicted octanol–water partition coefficient (Wildman–Crippen LogP) is 1.82. The summed E-state index contributed by atoms with van der Waals surface area (Å²) in [5.74, 6) is 0.854. The van der Waals surface area contributed by atoms with Crippen LogP contribution in [0.3, 0.4) is 0 Å². The molecular weight excluding hydrogens is 382 g/mol. The minimum atomic E-state index is -0.199. The summed E-state index contributed by atoms with van der Waals surface area (Å²) in [5, 5.41) is 9.32. The zero-order valence-electron chi connectivity index (χ0n) is 18.1. The van der Waals surface area contributed by atoms with E-state index in [0.717, 1.165) is 24.0 Å². The van der Waals surface area contributed by atoms with Crippen LogP contribution in [0.1, 0.15) is 38.5 Å². The van der Waals surface area contributed by atoms with E-state index in [2.05, 4.69) is 20.9 Å². The van der Waals surface area contributed by atoms with Gasteiger partial charge in [0.2, 0.25) is 0 Å². The molecule has 1 heterocycles. The van der Waals surface area contributed by atoms with Crippen molar-refractivity contribution in [2.75, 3.05) is 40.8 Å². The maximum absolute atomic E-state index is 12.1. The van der Waals surface area contributed by atoms with Crippen LogP contribution in [0.2, 0.25) is 0 Å². The molecule has 0 unspecified atom stereocenters. The summed E-state index contributed by atoms with van der Waals surface area (Å²) in [7, 11) is 5.21. The average Bonchev–Trinajstić information content (AvgIpc) is 3.17. The van der Waals surface area contributed by atoms with Gasteiger partial charge in [-0.3, -0.25) is 14.6 Å². The first-order chi connectivity index (χ1) is 14.4. The topological polar surface area (TPSA) is 99.0 Å². The van der Waals surface area contributed by atoms with Crippen LogP contribution < -0.4 is 16.0 Å². The molecule has 0 fully saturated rings. The SMILES string of the molecule is CN=C(NCCCNC(=O)c1occc1C)NCCc1cccc(C(=O)N(C)C)c1. The molecule has 2 rings (SSSR count). The highest BCUT2D eigenvalue weighted by atomic mass is 16.3. The Labute approximate surface area is 177 Å². The molecule has 2 amide bonds. The number of rotatable bonds is 9. The van der Waals surface area contributed by atoms with E-state index in [9.17, 15) is 9.59 Å². The predicted molar refractivity (Wildman–Crippen MR) is 118 cm³/mol. The first-order valence-corrected chi connectivity index (χ1v) is 9.99. The molecule has 30 heavy (non-hydrogen) atoms. The normalized spacial score (nSPS) is 11.1. The maximum Gasteiger partial charge on any atom is 0.287 e. The van der Waals surface area contributed by atoms with E-state index in [1.807, 2.05) is 31.2 Å². The monoisotopic (exact) mass is 413 g/mol. The minimum Gasteiger partial charge on any atom is -0.459 e. The number of hydrogen-bond acceptors (Lipinski definition) is 4. The molecule has 8 nitrogen and oxygen atoms in total. The fraction of sp³-hybridized carbons (Fsp3) is 0.409. The van der Waals surface area contributed by atoms with E-state index in [4.69, 9.17) is 4.42 Å². The number of furan rings is 1. The van der Waals surface area contributed by atoms with Gasteiger partial charge in [-0.05, 0) is 43.5 Å². The quantitative estimate of drug-likeness (QED) is 0.331. The first-order valence-electron chi connectivity index (χ1n) is 9.99. The zero-order valence-corrected chi connectivity index (χ0v) is 18.1. The van der Waals surface area contributed by atoms with Gasteiger partial charge in [-0.15, -0.1) is 0 Å². The molecule has 0 spiro atoms. The Morgan fingerprint density at radius 1 is 1.07 bits per heavy atom. The molecule has 0 aliphatic carbocycles. The van der Waals surface area contributed by atoms with Crippen LogP contribution in [0, 0.1) is 6.92 Å². The van der Waals surface area contributed by atoms with Crippen LogP contribution in [0.5, 0.6) is 0 Å². The zero-order chi connectivity index (χ0) is 21.9. The maximum atomic E-state index is 12.1. The second-order valence-corrected chi connectivity index (χ2v) is 7.12. The smallest absolute Gasteiger partial charge is 0.287 e. The molecule has 0 aliphatic heterocycles. The van der Waals surface area contributed by atoms with Crippen LogP contribution >= 0.6 is 0 Å². The summed E-state index contributed by atoms with van der Waals surface area (Å²) in [6.45, 7) is 3.74. The van der Waals surface area contributed by atoms with Gasteiger partial charge in [0.1, 0.15) is 0 Å². The lowest BCUT2D eigenvalue weighted by molar-refractivity contribution is 0.0827. The summed E-state index contributed by atoms with van der Waals surface area (Å²) in [5.41, 5.74) is 2.60. The van der Waals surface area contributed by atoms with Gasteiger partial charge in [0.15, 0.2) is 11.7 Å². The first kappa shape index (κ1) is 23.0. The highest BCUT2D eigenvalue weighted by molar-refractivity contribution is 5.94. The molecule has 2 aromatic rings. The number of nitrogens with zero attached hydrogens (tertiary/aromatic N) is 2. The van der Waals surface area contributed by atoms with Crippen molar-refractivity contribution in [3.8, 4) is 0 Å². The number of carbonyl (C=O) groups excluding carboxylic acids is 2. The molecule has 8 heteroatoms. The van der Waals surface area contributed by atoms with Gasteiger partial charge in [0.05, 0.1) is 6.26 Å². The van der Waals surface area contributed by atoms with Gasteiger partial charge in [-0.1, -0.05) is 12.1 Å². The fourth-order valence-electron chi connectivity index (χ4n) is 2.85. The minimum absolute atomic E-state index is 0.00316. The standard InChI is InChI=1S/C22H31N5O3/c1-16-10-14-30-19(16)20(28)24-11-6-12-25-22(23-2)26-13-9-17-7-5-8-18(15-17)21(29)27(3)4/h5,7-8,10,14-15H,6,9,11-13H2,1-4H3,(H,24,28)(H2,23,25,26). The second-order valence-electron chi connectivity index (χ2n) is 7.12. The molecular formula is C22H31N5O3. The summed E-state index contributed by atoms with van der Waals surface area (Å²) in [6, 6.07) is 9.42. The Morgan fingerprint density at radius 2 is 1.80 bits per heavy atom. The van der Waals surface area contributed by atoms with Crippen molar-refractivity contribution in [3.63, 3.8) is 0 Å². The lowest BCUT2D eigenvalue weighted by Crippen LogP contribution is -2.39. The Bertz CT molecular complexity index is 873. The number of amides is 2. The van der Waals surface area contributed by atoms with Gasteiger partial charge in [-0.25, -0.2) is 0 Å². The number of aryl methyl sites for hydroxylation is 1. The molecule has 1 aromatic carbocycles. The highest BCUT2D eigenvalue weighted by Crippen LogP contribution is 2.08. The van der Waals surface area contributed by atoms with Crippen molar-refractivity contribution < 1.29 is 14.0 Å². The van der Waals surface area contributed by atoms with E-state index in [-0.39, 0.29) is 11.8 Å². The number of carbonyl (C=O) groups is 2. The number of hydrogen-bond donors (Lipinski definition) is 3. The Hall–Kier alpha value is -3.29. The molecule has 0 saturated carbocycles. The Morgan fingerprint density at radius 3 is 2.47 bits per heavy atom. The van der Waals surface area contributed by atoms with Gasteiger partial charge < -0.3 is 25.3 Å². The van der Waals surface area contributed by atoms with E-state index >= 15 is 0 Å². The molecule has 0 saturated heterocycles. The van der Waals surface area contributed by atoms with E-state index in [1.165, 1.54) is 6.26 Å². The molecule has 0 atom stereocenters. The number of aliphatic imine (C=N–C) groups is 1. The molecule has 0 bridgehead atoms. The lowest BCUT2D eigenvalue weighted by atomic mass is 10.1. The summed E-state index contributed by atoms with van der Waals surface area (Å²) < 4.78 is 5.17. The van der Waals surface area contributed by atoms with Crippen molar-refractivity contribution in [2.24, 2.45) is 4.99 Å². The van der Waals surface area contributed by atoms with Crippen LogP contribution in [0.25, 0.3) is 0 Å². The largest absolute Gasteiger partial charge is 0.459 e. The summed E-state index contributed by atoms with van der Waals surface area (Å²) in [4.78, 5) is 29.8.